The molecule has 0 radical (unpaired) electrons. The molecule has 0 N–H and O–H groups in total. The van der Waals surface area contributed by atoms with Crippen LogP contribution in [0.1, 0.15) is 124 Å². The fourth-order valence-electron chi connectivity index (χ4n) is 5.96. The highest BCUT2D eigenvalue weighted by Crippen LogP contribution is 2.47. The van der Waals surface area contributed by atoms with Crippen LogP contribution in [0, 0.1) is 27.6 Å². The minimum atomic E-state index is -0.496. The van der Waals surface area contributed by atoms with Crippen LogP contribution in [0.25, 0.3) is 11.6 Å². The maximum atomic E-state index is 13.1. The van der Waals surface area contributed by atoms with E-state index in [1.165, 1.54) is 32.1 Å². The zero-order chi connectivity index (χ0) is 34.5. The number of hydrogen-bond donors (Lipinski definition) is 0. The lowest BCUT2D eigenvalue weighted by molar-refractivity contribution is -0.164. The second-order valence-corrected chi connectivity index (χ2v) is 15.1. The number of rotatable bonds is 18. The molecule has 0 bridgehead atoms. The molecule has 1 heterocycles. The van der Waals surface area contributed by atoms with Crippen molar-refractivity contribution in [2.24, 2.45) is 16.2 Å². The van der Waals surface area contributed by atoms with E-state index in [1.807, 2.05) is 42.5 Å². The summed E-state index contributed by atoms with van der Waals surface area (Å²) in [5.74, 6) is 2.62. The van der Waals surface area contributed by atoms with Gasteiger partial charge >= 0.3 is 5.97 Å². The van der Waals surface area contributed by atoms with Crippen LogP contribution in [0.5, 0.6) is 23.0 Å². The molecule has 0 saturated heterocycles. The molecule has 0 fully saturated rings. The molecule has 7 nitrogen and oxygen atoms in total. The third-order valence-electron chi connectivity index (χ3n) is 9.07. The lowest BCUT2D eigenvalue weighted by Crippen LogP contribution is -2.44. The van der Waals surface area contributed by atoms with Gasteiger partial charge in [0.05, 0.1) is 37.4 Å². The average Bonchev–Trinajstić information content (AvgIpc) is 3.49. The van der Waals surface area contributed by atoms with E-state index in [4.69, 9.17) is 23.7 Å². The highest BCUT2D eigenvalue weighted by atomic mass is 16.7. The van der Waals surface area contributed by atoms with E-state index in [1.54, 1.807) is 7.11 Å². The van der Waals surface area contributed by atoms with Gasteiger partial charge in [0.1, 0.15) is 0 Å². The van der Waals surface area contributed by atoms with Gasteiger partial charge in [-0.3, -0.25) is 4.79 Å². The van der Waals surface area contributed by atoms with Gasteiger partial charge in [-0.05, 0) is 84.6 Å². The summed E-state index contributed by atoms with van der Waals surface area (Å²) in [7, 11) is 1.63. The van der Waals surface area contributed by atoms with Crippen molar-refractivity contribution in [3.8, 4) is 29.1 Å². The van der Waals surface area contributed by atoms with Crippen LogP contribution in [-0.2, 0) is 9.53 Å². The molecule has 1 atom stereocenters. The number of nitriles is 1. The molecule has 0 spiro atoms. The summed E-state index contributed by atoms with van der Waals surface area (Å²) >= 11 is 0. The third-order valence-corrected chi connectivity index (χ3v) is 9.07. The van der Waals surface area contributed by atoms with Gasteiger partial charge < -0.3 is 23.7 Å². The smallest absolute Gasteiger partial charge is 0.312 e. The second-order valence-electron chi connectivity index (χ2n) is 15.1. The summed E-state index contributed by atoms with van der Waals surface area (Å²) in [6, 6.07) is 13.5. The van der Waals surface area contributed by atoms with Gasteiger partial charge in [-0.15, -0.1) is 0 Å². The Balaban J connectivity index is 1.29. The summed E-state index contributed by atoms with van der Waals surface area (Å²) in [5, 5.41) is 9.77. The van der Waals surface area contributed by atoms with Crippen LogP contribution in [0.15, 0.2) is 36.4 Å². The molecule has 0 saturated carbocycles. The quantitative estimate of drug-likeness (QED) is 0.0688. The Morgan fingerprint density at radius 3 is 2.02 bits per heavy atom. The molecule has 1 unspecified atom stereocenters. The summed E-state index contributed by atoms with van der Waals surface area (Å²) in [6.07, 6.45) is 12.8. The maximum Gasteiger partial charge on any atom is 0.312 e. The minimum Gasteiger partial charge on any atom is -0.493 e. The molecular weight excluding hydrogens is 590 g/mol. The van der Waals surface area contributed by atoms with Gasteiger partial charge in [-0.1, -0.05) is 92.6 Å². The van der Waals surface area contributed by atoms with E-state index in [9.17, 15) is 10.1 Å². The van der Waals surface area contributed by atoms with E-state index < -0.39 is 5.41 Å². The molecule has 1 aliphatic rings. The van der Waals surface area contributed by atoms with Crippen molar-refractivity contribution in [1.82, 2.24) is 0 Å². The topological polar surface area (TPSA) is 87.0 Å². The highest BCUT2D eigenvalue weighted by Gasteiger charge is 2.47. The van der Waals surface area contributed by atoms with Gasteiger partial charge in [-0.2, -0.15) is 5.26 Å². The number of carbonyl (C=O) groups excluding carboxylic acids is 1. The Labute approximate surface area is 283 Å². The monoisotopic (exact) mass is 647 g/mol. The molecule has 3 rings (SSSR count). The fourth-order valence-corrected chi connectivity index (χ4v) is 5.96. The number of allylic oxidation sites excluding steroid dienone is 1. The Morgan fingerprint density at radius 1 is 0.809 bits per heavy atom. The molecule has 0 aliphatic carbocycles. The molecule has 0 aromatic heterocycles. The standard InChI is InChI=1S/C40H57NO6/c1-38(2,3)28-40(7,39(4,5)6)37(42)45-23-17-15-13-11-9-10-12-14-16-22-44-33-20-18-30(25-35(33)43-8)24-32(27-41)31-19-21-34-36(26-31)47-29-46-34/h18-21,24-26H,9-17,22-23,28-29H2,1-8H3. The summed E-state index contributed by atoms with van der Waals surface area (Å²) in [6.45, 7) is 16.4. The fraction of sp³-hybridized carbons (Fsp3) is 0.600. The number of methoxy groups -OCH3 is 1. The van der Waals surface area contributed by atoms with Gasteiger partial charge in [0.25, 0.3) is 0 Å². The van der Waals surface area contributed by atoms with Gasteiger partial charge in [0, 0.05) is 0 Å². The zero-order valence-corrected chi connectivity index (χ0v) is 30.1. The van der Waals surface area contributed by atoms with Crippen molar-refractivity contribution in [2.75, 3.05) is 27.1 Å². The van der Waals surface area contributed by atoms with Gasteiger partial charge in [0.15, 0.2) is 23.0 Å². The molecule has 258 valence electrons. The number of ether oxygens (including phenoxy) is 5. The van der Waals surface area contributed by atoms with Gasteiger partial charge in [-0.25, -0.2) is 0 Å². The normalized spacial score (nSPS) is 14.3. The zero-order valence-electron chi connectivity index (χ0n) is 30.1. The molecule has 1 aliphatic heterocycles. The average molecular weight is 648 g/mol. The highest BCUT2D eigenvalue weighted by molar-refractivity contribution is 5.90. The Morgan fingerprint density at radius 2 is 1.43 bits per heavy atom. The number of unbranched alkanes of at least 4 members (excludes halogenated alkanes) is 8. The molecule has 47 heavy (non-hydrogen) atoms. The Bertz CT molecular complexity index is 1380. The van der Waals surface area contributed by atoms with Crippen molar-refractivity contribution < 1.29 is 28.5 Å². The predicted octanol–water partition coefficient (Wildman–Crippen LogP) is 10.4. The van der Waals surface area contributed by atoms with Crippen LogP contribution < -0.4 is 18.9 Å². The van der Waals surface area contributed by atoms with Crippen LogP contribution in [0.2, 0.25) is 0 Å². The van der Waals surface area contributed by atoms with Crippen LogP contribution in [0.4, 0.5) is 0 Å². The first-order valence-corrected chi connectivity index (χ1v) is 17.3. The predicted molar refractivity (Wildman–Crippen MR) is 189 cm³/mol. The Hall–Kier alpha value is -3.66. The third kappa shape index (κ3) is 11.5. The lowest BCUT2D eigenvalue weighted by atomic mass is 9.61. The van der Waals surface area contributed by atoms with Crippen LogP contribution in [0.3, 0.4) is 0 Å². The van der Waals surface area contributed by atoms with Crippen LogP contribution >= 0.6 is 0 Å². The number of carbonyl (C=O) groups is 1. The Kier molecular flexibility index (Phi) is 14.1. The van der Waals surface area contributed by atoms with Crippen molar-refractivity contribution in [3.63, 3.8) is 0 Å². The summed E-state index contributed by atoms with van der Waals surface area (Å²) < 4.78 is 28.2. The molecule has 2 aromatic carbocycles. The molecule has 0 amide bonds. The molecule has 2 aromatic rings. The number of esters is 1. The van der Waals surface area contributed by atoms with E-state index in [0.29, 0.717) is 41.8 Å². The lowest BCUT2D eigenvalue weighted by Gasteiger charge is -2.43. The van der Waals surface area contributed by atoms with Crippen molar-refractivity contribution in [1.29, 1.82) is 5.26 Å². The van der Waals surface area contributed by atoms with Crippen molar-refractivity contribution in [2.45, 2.75) is 113 Å². The van der Waals surface area contributed by atoms with Crippen molar-refractivity contribution in [3.05, 3.63) is 47.5 Å². The van der Waals surface area contributed by atoms with E-state index >= 15 is 0 Å². The van der Waals surface area contributed by atoms with E-state index in [2.05, 4.69) is 54.5 Å². The largest absolute Gasteiger partial charge is 0.493 e. The van der Waals surface area contributed by atoms with E-state index in [-0.39, 0.29) is 23.6 Å². The van der Waals surface area contributed by atoms with Gasteiger partial charge in [0.2, 0.25) is 6.79 Å². The SMILES string of the molecule is COc1cc(C=C(C#N)c2ccc3c(c2)OCO3)ccc1OCCCCCCCCCCCOC(=O)C(C)(CC(C)(C)C)C(C)(C)C. The number of hydrogen-bond acceptors (Lipinski definition) is 7. The number of nitrogens with zero attached hydrogens (tertiary/aromatic N) is 1. The number of benzene rings is 2. The van der Waals surface area contributed by atoms with Crippen molar-refractivity contribution >= 4 is 17.6 Å². The first-order valence-electron chi connectivity index (χ1n) is 17.3. The first-order chi connectivity index (χ1) is 22.3. The molecular formula is C40H57NO6. The maximum absolute atomic E-state index is 13.1. The summed E-state index contributed by atoms with van der Waals surface area (Å²) in [4.78, 5) is 13.1. The minimum absolute atomic E-state index is 0.0560. The number of fused-ring (bicyclic) bond motifs is 1. The van der Waals surface area contributed by atoms with Crippen LogP contribution in [-0.4, -0.2) is 33.1 Å². The van der Waals surface area contributed by atoms with E-state index in [0.717, 1.165) is 43.2 Å². The second kappa shape index (κ2) is 17.5. The summed E-state index contributed by atoms with van der Waals surface area (Å²) in [5.41, 5.74) is 1.56. The molecule has 7 heteroatoms. The first kappa shape index (κ1) is 37.8.